The van der Waals surface area contributed by atoms with Crippen molar-refractivity contribution >= 4 is 5.91 Å². The van der Waals surface area contributed by atoms with E-state index in [4.69, 9.17) is 0 Å². The molecule has 0 spiro atoms. The molecule has 0 aromatic rings. The van der Waals surface area contributed by atoms with Crippen LogP contribution in [0, 0.1) is 0 Å². The van der Waals surface area contributed by atoms with Crippen LogP contribution in [0.5, 0.6) is 0 Å². The van der Waals surface area contributed by atoms with Crippen molar-refractivity contribution in [3.63, 3.8) is 0 Å². The Bertz CT molecular complexity index is 236. The number of carbonyl (C=O) groups excluding carboxylic acids is 1. The van der Waals surface area contributed by atoms with Crippen LogP contribution < -0.4 is 0 Å². The van der Waals surface area contributed by atoms with Gasteiger partial charge in [0.25, 0.3) is 5.91 Å². The van der Waals surface area contributed by atoms with Gasteiger partial charge in [0.15, 0.2) is 0 Å². The van der Waals surface area contributed by atoms with Gasteiger partial charge in [0.2, 0.25) is 0 Å². The Morgan fingerprint density at radius 2 is 1.94 bits per heavy atom. The molecule has 0 aromatic heterocycles. The van der Waals surface area contributed by atoms with Gasteiger partial charge < -0.3 is 9.64 Å². The van der Waals surface area contributed by atoms with Crippen LogP contribution in [-0.2, 0) is 9.53 Å². The van der Waals surface area contributed by atoms with E-state index in [9.17, 15) is 22.4 Å². The number of likely N-dealkylation sites (N-methyl/N-ethyl adjacent to an activating group) is 1. The second kappa shape index (κ2) is 6.03. The van der Waals surface area contributed by atoms with E-state index < -0.39 is 24.3 Å². The van der Waals surface area contributed by atoms with Crippen molar-refractivity contribution in [2.45, 2.75) is 32.2 Å². The lowest BCUT2D eigenvalue weighted by atomic mass is 10.2. The van der Waals surface area contributed by atoms with Crippen molar-refractivity contribution in [2.75, 3.05) is 20.3 Å². The molecule has 0 saturated heterocycles. The number of carbonyl (C=O) groups is 1. The zero-order valence-electron chi connectivity index (χ0n) is 9.34. The zero-order chi connectivity index (χ0) is 12.9. The molecule has 0 N–H and O–H groups in total. The van der Waals surface area contributed by atoms with Crippen molar-refractivity contribution in [1.82, 2.24) is 4.90 Å². The Morgan fingerprint density at radius 3 is 2.25 bits per heavy atom. The molecule has 3 nitrogen and oxygen atoms in total. The minimum absolute atomic E-state index is 0.0128. The predicted molar refractivity (Wildman–Crippen MR) is 49.7 cm³/mol. The molecule has 0 rings (SSSR count). The predicted octanol–water partition coefficient (Wildman–Crippen LogP) is 1.77. The summed E-state index contributed by atoms with van der Waals surface area (Å²) < 4.78 is 54.2. The van der Waals surface area contributed by atoms with Gasteiger partial charge in [0.05, 0.1) is 12.6 Å². The number of rotatable bonds is 6. The van der Waals surface area contributed by atoms with Crippen LogP contribution in [0.1, 0.15) is 13.8 Å². The summed E-state index contributed by atoms with van der Waals surface area (Å²) in [6.07, 6.45) is -4.00. The van der Waals surface area contributed by atoms with Gasteiger partial charge in [0, 0.05) is 13.7 Å². The first-order chi connectivity index (χ1) is 7.28. The number of nitrogens with zero attached hydrogens (tertiary/aromatic N) is 1. The number of halogens is 4. The van der Waals surface area contributed by atoms with Crippen molar-refractivity contribution < 1.29 is 27.1 Å². The zero-order valence-corrected chi connectivity index (χ0v) is 9.34. The molecule has 0 heterocycles. The number of hydrogen-bond acceptors (Lipinski definition) is 2. The first-order valence-electron chi connectivity index (χ1n) is 4.74. The SMILES string of the molecule is CCN(C(=O)C(F)(F)C(F)F)C(C)COC. The van der Waals surface area contributed by atoms with E-state index in [2.05, 4.69) is 4.74 Å². The fourth-order valence-corrected chi connectivity index (χ4v) is 1.27. The molecule has 1 atom stereocenters. The van der Waals surface area contributed by atoms with E-state index in [0.29, 0.717) is 4.90 Å². The lowest BCUT2D eigenvalue weighted by Gasteiger charge is -2.30. The fraction of sp³-hybridized carbons (Fsp3) is 0.889. The summed E-state index contributed by atoms with van der Waals surface area (Å²) in [7, 11) is 1.33. The van der Waals surface area contributed by atoms with Crippen LogP contribution in [0.4, 0.5) is 17.6 Å². The molecular formula is C9H15F4NO2. The molecule has 0 fully saturated rings. The summed E-state index contributed by atoms with van der Waals surface area (Å²) in [6, 6.07) is -0.674. The molecule has 7 heteroatoms. The summed E-state index contributed by atoms with van der Waals surface area (Å²) >= 11 is 0. The highest BCUT2D eigenvalue weighted by molar-refractivity contribution is 5.84. The lowest BCUT2D eigenvalue weighted by molar-refractivity contribution is -0.183. The lowest BCUT2D eigenvalue weighted by Crippen LogP contribution is -2.51. The van der Waals surface area contributed by atoms with Gasteiger partial charge in [-0.05, 0) is 13.8 Å². The maximum absolute atomic E-state index is 12.8. The van der Waals surface area contributed by atoms with E-state index in [1.54, 1.807) is 0 Å². The second-order valence-electron chi connectivity index (χ2n) is 3.32. The van der Waals surface area contributed by atoms with Gasteiger partial charge in [-0.1, -0.05) is 0 Å². The summed E-state index contributed by atoms with van der Waals surface area (Å²) in [4.78, 5) is 11.9. The highest BCUT2D eigenvalue weighted by Gasteiger charge is 2.51. The quantitative estimate of drug-likeness (QED) is 0.667. The molecule has 1 amide bonds. The van der Waals surface area contributed by atoms with Crippen LogP contribution in [0.2, 0.25) is 0 Å². The van der Waals surface area contributed by atoms with E-state index >= 15 is 0 Å². The summed E-state index contributed by atoms with van der Waals surface area (Å²) in [5, 5.41) is 0. The van der Waals surface area contributed by atoms with Gasteiger partial charge in [0.1, 0.15) is 0 Å². The number of alkyl halides is 4. The Morgan fingerprint density at radius 1 is 1.44 bits per heavy atom. The monoisotopic (exact) mass is 245 g/mol. The number of amides is 1. The number of methoxy groups -OCH3 is 1. The minimum Gasteiger partial charge on any atom is -0.383 e. The molecule has 0 aliphatic carbocycles. The van der Waals surface area contributed by atoms with Crippen molar-refractivity contribution in [3.8, 4) is 0 Å². The molecule has 96 valence electrons. The maximum atomic E-state index is 12.8. The van der Waals surface area contributed by atoms with Crippen molar-refractivity contribution in [3.05, 3.63) is 0 Å². The van der Waals surface area contributed by atoms with Gasteiger partial charge in [-0.25, -0.2) is 8.78 Å². The summed E-state index contributed by atoms with van der Waals surface area (Å²) in [5.74, 6) is -6.51. The highest BCUT2D eigenvalue weighted by atomic mass is 19.3. The normalized spacial score (nSPS) is 14.0. The first kappa shape index (κ1) is 15.2. The van der Waals surface area contributed by atoms with Crippen LogP contribution in [0.25, 0.3) is 0 Å². The topological polar surface area (TPSA) is 29.5 Å². The maximum Gasteiger partial charge on any atom is 0.383 e. The molecule has 0 aliphatic rings. The minimum atomic E-state index is -4.64. The fourth-order valence-electron chi connectivity index (χ4n) is 1.27. The average molecular weight is 245 g/mol. The number of ether oxygens (including phenoxy) is 1. The molecule has 0 aromatic carbocycles. The molecule has 0 saturated carbocycles. The van der Waals surface area contributed by atoms with E-state index in [1.807, 2.05) is 0 Å². The number of hydrogen-bond donors (Lipinski definition) is 0. The Kier molecular flexibility index (Phi) is 5.71. The Balaban J connectivity index is 4.78. The molecule has 16 heavy (non-hydrogen) atoms. The van der Waals surface area contributed by atoms with Crippen LogP contribution in [0.15, 0.2) is 0 Å². The highest BCUT2D eigenvalue weighted by Crippen LogP contribution is 2.26. The van der Waals surface area contributed by atoms with Crippen LogP contribution >= 0.6 is 0 Å². The smallest absolute Gasteiger partial charge is 0.383 e. The van der Waals surface area contributed by atoms with Gasteiger partial charge >= 0.3 is 12.3 Å². The Hall–Kier alpha value is -0.850. The molecule has 1 unspecified atom stereocenters. The van der Waals surface area contributed by atoms with Gasteiger partial charge in [-0.2, -0.15) is 8.78 Å². The third-order valence-corrected chi connectivity index (χ3v) is 2.10. The molecular weight excluding hydrogens is 230 g/mol. The third-order valence-electron chi connectivity index (χ3n) is 2.10. The van der Waals surface area contributed by atoms with Crippen LogP contribution in [-0.4, -0.2) is 49.5 Å². The van der Waals surface area contributed by atoms with Crippen LogP contribution in [0.3, 0.4) is 0 Å². The van der Waals surface area contributed by atoms with Crippen molar-refractivity contribution in [2.24, 2.45) is 0 Å². The first-order valence-corrected chi connectivity index (χ1v) is 4.74. The van der Waals surface area contributed by atoms with Gasteiger partial charge in [-0.15, -0.1) is 0 Å². The standard InChI is InChI=1S/C9H15F4NO2/c1-4-14(6(2)5-16-3)8(15)9(12,13)7(10)11/h6-7H,4-5H2,1-3H3. The average Bonchev–Trinajstić information content (AvgIpc) is 2.18. The third kappa shape index (κ3) is 3.33. The van der Waals surface area contributed by atoms with E-state index in [-0.39, 0.29) is 13.2 Å². The summed E-state index contributed by atoms with van der Waals surface area (Å²) in [6.45, 7) is 2.82. The molecule has 0 aliphatic heterocycles. The molecule has 0 bridgehead atoms. The summed E-state index contributed by atoms with van der Waals surface area (Å²) in [5.41, 5.74) is 0. The second-order valence-corrected chi connectivity index (χ2v) is 3.32. The largest absolute Gasteiger partial charge is 0.383 e. The van der Waals surface area contributed by atoms with E-state index in [0.717, 1.165) is 0 Å². The molecule has 0 radical (unpaired) electrons. The van der Waals surface area contributed by atoms with E-state index in [1.165, 1.54) is 21.0 Å². The van der Waals surface area contributed by atoms with Crippen molar-refractivity contribution in [1.29, 1.82) is 0 Å². The van der Waals surface area contributed by atoms with Gasteiger partial charge in [-0.3, -0.25) is 4.79 Å². The Labute approximate surface area is 91.4 Å².